The predicted molar refractivity (Wildman–Crippen MR) is 138 cm³/mol. The molecule has 2 aliphatic heterocycles. The van der Waals surface area contributed by atoms with Gasteiger partial charge in [-0.25, -0.2) is 14.8 Å². The molecule has 2 saturated heterocycles. The van der Waals surface area contributed by atoms with Gasteiger partial charge in [-0.2, -0.15) is 0 Å². The fourth-order valence-corrected chi connectivity index (χ4v) is 5.06. The molecule has 2 N–H and O–H groups in total. The number of amides is 4. The highest BCUT2D eigenvalue weighted by Gasteiger charge is 2.51. The van der Waals surface area contributed by atoms with Crippen LogP contribution in [0.1, 0.15) is 36.9 Å². The maximum atomic E-state index is 13.7. The number of rotatable bonds is 8. The number of carbonyl (C=O) groups is 4. The van der Waals surface area contributed by atoms with Crippen LogP contribution in [0.2, 0.25) is 0 Å². The van der Waals surface area contributed by atoms with Crippen LogP contribution in [0.4, 0.5) is 4.79 Å². The fraction of sp³-hybridized carbons (Fsp3) is 0.407. The first-order valence-electron chi connectivity index (χ1n) is 12.5. The van der Waals surface area contributed by atoms with E-state index in [2.05, 4.69) is 5.32 Å². The van der Waals surface area contributed by atoms with E-state index in [0.717, 1.165) is 11.1 Å². The lowest BCUT2D eigenvalue weighted by molar-refractivity contribution is -0.189. The molecule has 2 fully saturated rings. The molecule has 4 amide bonds. The number of hydrazine groups is 1. The lowest BCUT2D eigenvalue weighted by Gasteiger charge is -2.55. The van der Waals surface area contributed by atoms with Gasteiger partial charge in [-0.1, -0.05) is 42.5 Å². The van der Waals surface area contributed by atoms with E-state index < -0.39 is 24.2 Å². The largest absolute Gasteiger partial charge is 0.497 e. The van der Waals surface area contributed by atoms with Crippen LogP contribution >= 0.6 is 0 Å². The van der Waals surface area contributed by atoms with Gasteiger partial charge in [0.05, 0.1) is 26.2 Å². The molecule has 2 heterocycles. The van der Waals surface area contributed by atoms with E-state index >= 15 is 0 Å². The van der Waals surface area contributed by atoms with Crippen LogP contribution in [0.25, 0.3) is 0 Å². The maximum absolute atomic E-state index is 13.7. The Morgan fingerprint density at radius 2 is 1.79 bits per heavy atom. The topological polar surface area (TPSA) is 123 Å². The molecule has 0 unspecified atom stereocenters. The molecular formula is C27H33N5O6. The second-order valence-corrected chi connectivity index (χ2v) is 9.47. The number of likely N-dealkylation sites (N-methyl/N-ethyl adjacent to an activating group) is 1. The Bertz CT molecular complexity index is 1170. The van der Waals surface area contributed by atoms with Crippen LogP contribution in [-0.2, 0) is 20.9 Å². The van der Waals surface area contributed by atoms with Gasteiger partial charge in [-0.15, -0.1) is 0 Å². The lowest BCUT2D eigenvalue weighted by Crippen LogP contribution is -2.76. The second kappa shape index (κ2) is 11.5. The summed E-state index contributed by atoms with van der Waals surface area (Å²) in [5.74, 6) is -1.00. The number of carbonyl (C=O) groups excluding carboxylic acids is 3. The van der Waals surface area contributed by atoms with Crippen molar-refractivity contribution in [2.75, 3.05) is 27.2 Å². The molecule has 0 spiro atoms. The monoisotopic (exact) mass is 523 g/mol. The molecular weight excluding hydrogens is 490 g/mol. The lowest BCUT2D eigenvalue weighted by atomic mass is 9.98. The van der Waals surface area contributed by atoms with Crippen LogP contribution < -0.4 is 10.1 Å². The number of nitrogens with one attached hydrogen (secondary N) is 1. The highest BCUT2D eigenvalue weighted by Crippen LogP contribution is 2.32. The third-order valence-corrected chi connectivity index (χ3v) is 7.08. The minimum atomic E-state index is -1.06. The second-order valence-electron chi connectivity index (χ2n) is 9.47. The number of carboxylic acids is 1. The van der Waals surface area contributed by atoms with Crippen LogP contribution in [0, 0.1) is 0 Å². The summed E-state index contributed by atoms with van der Waals surface area (Å²) in [7, 11) is 3.23. The van der Waals surface area contributed by atoms with Gasteiger partial charge in [0, 0.05) is 20.0 Å². The SMILES string of the molecule is COc1ccc(CNC(=O)N2[C@H]3CN([C@H](C)c4ccccc4)C(=O)[C@H](CCC(=O)O)N3C(=O)CN2C)cc1. The van der Waals surface area contributed by atoms with Gasteiger partial charge in [0.1, 0.15) is 18.0 Å². The molecule has 4 rings (SSSR count). The zero-order chi connectivity index (χ0) is 27.4. The molecule has 2 aromatic carbocycles. The number of nitrogens with zero attached hydrogens (tertiary/aromatic N) is 4. The molecule has 0 radical (unpaired) electrons. The van der Waals surface area contributed by atoms with Gasteiger partial charge in [0.15, 0.2) is 0 Å². The summed E-state index contributed by atoms with van der Waals surface area (Å²) in [5.41, 5.74) is 1.77. The molecule has 0 bridgehead atoms. The Balaban J connectivity index is 1.61. The number of aliphatic carboxylic acids is 1. The standard InChI is InChI=1S/C27H33N5O6/c1-18(20-7-5-4-6-8-20)30-16-23-31(22(26(30)36)13-14-25(34)35)24(33)17-29(2)32(23)27(37)28-15-19-9-11-21(38-3)12-10-19/h4-12,18,22-23H,13-17H2,1-3H3,(H,28,37)(H,34,35)/t18-,22+,23+/m1/s1. The Labute approximate surface area is 221 Å². The number of fused-ring (bicyclic) bond motifs is 1. The van der Waals surface area contributed by atoms with E-state index in [1.807, 2.05) is 49.4 Å². The van der Waals surface area contributed by atoms with E-state index in [1.165, 1.54) is 9.91 Å². The molecule has 0 aromatic heterocycles. The number of methoxy groups -OCH3 is 1. The van der Waals surface area contributed by atoms with E-state index in [1.54, 1.807) is 36.2 Å². The van der Waals surface area contributed by atoms with Gasteiger partial charge in [-0.05, 0) is 36.6 Å². The van der Waals surface area contributed by atoms with Crippen molar-refractivity contribution in [2.24, 2.45) is 0 Å². The summed E-state index contributed by atoms with van der Waals surface area (Å²) >= 11 is 0. The van der Waals surface area contributed by atoms with Gasteiger partial charge < -0.3 is 25.0 Å². The van der Waals surface area contributed by atoms with E-state index in [4.69, 9.17) is 4.74 Å². The molecule has 0 saturated carbocycles. The van der Waals surface area contributed by atoms with Crippen molar-refractivity contribution in [1.29, 1.82) is 0 Å². The molecule has 3 atom stereocenters. The molecule has 2 aliphatic rings. The number of hydrogen-bond donors (Lipinski definition) is 2. The quantitative estimate of drug-likeness (QED) is 0.543. The van der Waals surface area contributed by atoms with Crippen LogP contribution in [0.5, 0.6) is 5.75 Å². The molecule has 11 heteroatoms. The Hall–Kier alpha value is -4.12. The van der Waals surface area contributed by atoms with E-state index in [-0.39, 0.29) is 50.3 Å². The summed E-state index contributed by atoms with van der Waals surface area (Å²) in [6.45, 7) is 2.11. The van der Waals surface area contributed by atoms with Gasteiger partial charge in [0.2, 0.25) is 11.8 Å². The summed E-state index contributed by atoms with van der Waals surface area (Å²) < 4.78 is 5.18. The number of hydrogen-bond acceptors (Lipinski definition) is 6. The van der Waals surface area contributed by atoms with Crippen LogP contribution in [-0.4, -0.2) is 88.2 Å². The number of benzene rings is 2. The minimum absolute atomic E-state index is 0.0422. The summed E-state index contributed by atoms with van der Waals surface area (Å²) in [5, 5.41) is 15.2. The van der Waals surface area contributed by atoms with Crippen molar-refractivity contribution in [3.8, 4) is 5.75 Å². The van der Waals surface area contributed by atoms with Crippen molar-refractivity contribution in [3.63, 3.8) is 0 Å². The van der Waals surface area contributed by atoms with Crippen molar-refractivity contribution in [1.82, 2.24) is 25.1 Å². The third-order valence-electron chi connectivity index (χ3n) is 7.08. The smallest absolute Gasteiger partial charge is 0.334 e. The average Bonchev–Trinajstić information content (AvgIpc) is 2.91. The maximum Gasteiger partial charge on any atom is 0.334 e. The number of ether oxygens (including phenoxy) is 1. The van der Waals surface area contributed by atoms with E-state index in [0.29, 0.717) is 5.75 Å². The Morgan fingerprint density at radius 1 is 1.11 bits per heavy atom. The first-order valence-corrected chi connectivity index (χ1v) is 12.5. The summed E-state index contributed by atoms with van der Waals surface area (Å²) in [6, 6.07) is 15.0. The highest BCUT2D eigenvalue weighted by atomic mass is 16.5. The molecule has 202 valence electrons. The first kappa shape index (κ1) is 26.9. The molecule has 0 aliphatic carbocycles. The zero-order valence-corrected chi connectivity index (χ0v) is 21.7. The van der Waals surface area contributed by atoms with Crippen molar-refractivity contribution in [3.05, 3.63) is 65.7 Å². The van der Waals surface area contributed by atoms with Crippen molar-refractivity contribution in [2.45, 2.75) is 44.6 Å². The fourth-order valence-electron chi connectivity index (χ4n) is 5.06. The number of urea groups is 1. The normalized spacial score (nSPS) is 20.7. The summed E-state index contributed by atoms with van der Waals surface area (Å²) in [4.78, 5) is 54.8. The molecule has 38 heavy (non-hydrogen) atoms. The number of piperazine rings is 1. The minimum Gasteiger partial charge on any atom is -0.497 e. The third kappa shape index (κ3) is 5.57. The molecule has 2 aromatic rings. The Kier molecular flexibility index (Phi) is 8.16. The van der Waals surface area contributed by atoms with Gasteiger partial charge >= 0.3 is 12.0 Å². The average molecular weight is 524 g/mol. The van der Waals surface area contributed by atoms with Gasteiger partial charge in [0.25, 0.3) is 0 Å². The van der Waals surface area contributed by atoms with Crippen molar-refractivity contribution >= 4 is 23.8 Å². The van der Waals surface area contributed by atoms with Gasteiger partial charge in [-0.3, -0.25) is 14.4 Å². The van der Waals surface area contributed by atoms with Crippen LogP contribution in [0.3, 0.4) is 0 Å². The predicted octanol–water partition coefficient (Wildman–Crippen LogP) is 2.06. The van der Waals surface area contributed by atoms with Crippen molar-refractivity contribution < 1.29 is 29.0 Å². The first-order chi connectivity index (χ1) is 18.2. The summed E-state index contributed by atoms with van der Waals surface area (Å²) in [6.07, 6.45) is -1.11. The highest BCUT2D eigenvalue weighted by molar-refractivity contribution is 5.92. The number of carboxylic acid groups (broad SMARTS) is 1. The zero-order valence-electron chi connectivity index (χ0n) is 21.7. The Morgan fingerprint density at radius 3 is 2.42 bits per heavy atom. The molecule has 11 nitrogen and oxygen atoms in total. The van der Waals surface area contributed by atoms with Crippen LogP contribution in [0.15, 0.2) is 54.6 Å². The van der Waals surface area contributed by atoms with E-state index in [9.17, 15) is 24.3 Å².